The van der Waals surface area contributed by atoms with Crippen LogP contribution in [-0.2, 0) is 4.79 Å². The maximum atomic E-state index is 12.5. The fourth-order valence-electron chi connectivity index (χ4n) is 2.29. The first kappa shape index (κ1) is 16.3. The van der Waals surface area contributed by atoms with Crippen LogP contribution in [0.3, 0.4) is 0 Å². The molecule has 6 heteroatoms. The van der Waals surface area contributed by atoms with Crippen molar-refractivity contribution in [2.75, 3.05) is 11.9 Å². The predicted molar refractivity (Wildman–Crippen MR) is 93.2 cm³/mol. The Morgan fingerprint density at radius 2 is 1.88 bits per heavy atom. The zero-order valence-electron chi connectivity index (χ0n) is 13.3. The molecule has 1 heterocycles. The Morgan fingerprint density at radius 3 is 2.64 bits per heavy atom. The van der Waals surface area contributed by atoms with Gasteiger partial charge in [0.2, 0.25) is 0 Å². The molecular formula is C19H16N2O4. The molecule has 0 aliphatic carbocycles. The standard InChI is InChI=1S/C19H16N2O4/c20-18(22)12-25-17-6-2-5-16(10-17)21-19(23)14-4-1-3-13(9-14)15-7-8-24-11-15/h1-11H,12H2,(H2,20,22)(H,21,23). The number of nitrogens with two attached hydrogens (primary N) is 1. The molecule has 0 saturated carbocycles. The topological polar surface area (TPSA) is 94.6 Å². The Kier molecular flexibility index (Phi) is 4.80. The summed E-state index contributed by atoms with van der Waals surface area (Å²) in [6, 6.07) is 15.8. The van der Waals surface area contributed by atoms with Gasteiger partial charge in [-0.05, 0) is 35.9 Å². The van der Waals surface area contributed by atoms with Crippen molar-refractivity contribution in [3.8, 4) is 16.9 Å². The van der Waals surface area contributed by atoms with E-state index in [1.165, 1.54) is 0 Å². The molecule has 3 N–H and O–H groups in total. The molecule has 0 saturated heterocycles. The van der Waals surface area contributed by atoms with E-state index in [2.05, 4.69) is 5.32 Å². The second-order valence-electron chi connectivity index (χ2n) is 5.33. The van der Waals surface area contributed by atoms with Gasteiger partial charge in [0.1, 0.15) is 5.75 Å². The molecule has 0 radical (unpaired) electrons. The lowest BCUT2D eigenvalue weighted by Gasteiger charge is -2.09. The average Bonchev–Trinajstić information content (AvgIpc) is 3.15. The van der Waals surface area contributed by atoms with Crippen molar-refractivity contribution < 1.29 is 18.7 Å². The lowest BCUT2D eigenvalue weighted by molar-refractivity contribution is -0.119. The normalized spacial score (nSPS) is 10.2. The highest BCUT2D eigenvalue weighted by Crippen LogP contribution is 2.22. The molecule has 0 bridgehead atoms. The number of carbonyl (C=O) groups is 2. The lowest BCUT2D eigenvalue weighted by Crippen LogP contribution is -2.20. The number of amides is 2. The molecule has 0 aliphatic heterocycles. The quantitative estimate of drug-likeness (QED) is 0.723. The minimum absolute atomic E-state index is 0.218. The maximum absolute atomic E-state index is 12.5. The molecule has 0 unspecified atom stereocenters. The van der Waals surface area contributed by atoms with E-state index in [9.17, 15) is 9.59 Å². The first-order valence-electron chi connectivity index (χ1n) is 7.57. The van der Waals surface area contributed by atoms with Crippen molar-refractivity contribution in [2.24, 2.45) is 5.73 Å². The van der Waals surface area contributed by atoms with Crippen LogP contribution in [0.1, 0.15) is 10.4 Å². The van der Waals surface area contributed by atoms with E-state index in [0.29, 0.717) is 17.0 Å². The molecule has 2 aromatic carbocycles. The Morgan fingerprint density at radius 1 is 1.04 bits per heavy atom. The van der Waals surface area contributed by atoms with Crippen LogP contribution in [0.4, 0.5) is 5.69 Å². The van der Waals surface area contributed by atoms with Crippen molar-refractivity contribution in [2.45, 2.75) is 0 Å². The van der Waals surface area contributed by atoms with Gasteiger partial charge in [-0.1, -0.05) is 18.2 Å². The molecule has 3 aromatic rings. The molecule has 126 valence electrons. The second-order valence-corrected chi connectivity index (χ2v) is 5.33. The van der Waals surface area contributed by atoms with Crippen molar-refractivity contribution in [3.05, 3.63) is 72.7 Å². The Hall–Kier alpha value is -3.54. The second kappa shape index (κ2) is 7.35. The third kappa shape index (κ3) is 4.26. The molecule has 0 fully saturated rings. The highest BCUT2D eigenvalue weighted by atomic mass is 16.5. The SMILES string of the molecule is NC(=O)COc1cccc(NC(=O)c2cccc(-c3ccoc3)c2)c1. The Bertz CT molecular complexity index is 888. The number of anilines is 1. The minimum atomic E-state index is -0.564. The van der Waals surface area contributed by atoms with Gasteiger partial charge in [-0.25, -0.2) is 0 Å². The highest BCUT2D eigenvalue weighted by Gasteiger charge is 2.09. The van der Waals surface area contributed by atoms with Crippen molar-refractivity contribution in [1.29, 1.82) is 0 Å². The van der Waals surface area contributed by atoms with E-state index in [1.54, 1.807) is 48.9 Å². The van der Waals surface area contributed by atoms with Gasteiger partial charge in [0.05, 0.1) is 12.5 Å². The largest absolute Gasteiger partial charge is 0.484 e. The van der Waals surface area contributed by atoms with Gasteiger partial charge in [0, 0.05) is 22.9 Å². The van der Waals surface area contributed by atoms with E-state index in [-0.39, 0.29) is 12.5 Å². The average molecular weight is 336 g/mol. The number of benzene rings is 2. The summed E-state index contributed by atoms with van der Waals surface area (Å²) >= 11 is 0. The molecule has 6 nitrogen and oxygen atoms in total. The van der Waals surface area contributed by atoms with Crippen LogP contribution in [0.2, 0.25) is 0 Å². The zero-order valence-corrected chi connectivity index (χ0v) is 13.3. The smallest absolute Gasteiger partial charge is 0.255 e. The van der Waals surface area contributed by atoms with Gasteiger partial charge < -0.3 is 20.2 Å². The first-order chi connectivity index (χ1) is 12.1. The van der Waals surface area contributed by atoms with Gasteiger partial charge in [0.25, 0.3) is 11.8 Å². The van der Waals surface area contributed by atoms with E-state index in [0.717, 1.165) is 11.1 Å². The fourth-order valence-corrected chi connectivity index (χ4v) is 2.29. The zero-order chi connectivity index (χ0) is 17.6. The number of hydrogen-bond donors (Lipinski definition) is 2. The number of hydrogen-bond acceptors (Lipinski definition) is 4. The minimum Gasteiger partial charge on any atom is -0.484 e. The number of nitrogens with one attached hydrogen (secondary N) is 1. The van der Waals surface area contributed by atoms with E-state index in [4.69, 9.17) is 14.9 Å². The van der Waals surface area contributed by atoms with Crippen molar-refractivity contribution >= 4 is 17.5 Å². The monoisotopic (exact) mass is 336 g/mol. The third-order valence-electron chi connectivity index (χ3n) is 3.45. The van der Waals surface area contributed by atoms with Crippen LogP contribution in [0.5, 0.6) is 5.75 Å². The van der Waals surface area contributed by atoms with Gasteiger partial charge in [-0.15, -0.1) is 0 Å². The van der Waals surface area contributed by atoms with E-state index < -0.39 is 5.91 Å². The van der Waals surface area contributed by atoms with E-state index in [1.807, 2.05) is 18.2 Å². The predicted octanol–water partition coefficient (Wildman–Crippen LogP) is 3.06. The molecule has 1 aromatic heterocycles. The van der Waals surface area contributed by atoms with Crippen LogP contribution in [0, 0.1) is 0 Å². The van der Waals surface area contributed by atoms with E-state index >= 15 is 0 Å². The summed E-state index contributed by atoms with van der Waals surface area (Å²) in [6.45, 7) is -0.218. The Labute approximate surface area is 144 Å². The number of rotatable bonds is 6. The fraction of sp³-hybridized carbons (Fsp3) is 0.0526. The van der Waals surface area contributed by atoms with Gasteiger partial charge in [-0.3, -0.25) is 9.59 Å². The first-order valence-corrected chi connectivity index (χ1v) is 7.57. The van der Waals surface area contributed by atoms with Gasteiger partial charge in [0.15, 0.2) is 6.61 Å². The van der Waals surface area contributed by atoms with Crippen LogP contribution in [0.25, 0.3) is 11.1 Å². The Balaban J connectivity index is 1.73. The summed E-state index contributed by atoms with van der Waals surface area (Å²) in [5.41, 5.74) is 7.91. The van der Waals surface area contributed by atoms with Crippen LogP contribution in [-0.4, -0.2) is 18.4 Å². The van der Waals surface area contributed by atoms with Crippen LogP contribution in [0.15, 0.2) is 71.5 Å². The number of carbonyl (C=O) groups excluding carboxylic acids is 2. The maximum Gasteiger partial charge on any atom is 0.255 e. The summed E-state index contributed by atoms with van der Waals surface area (Å²) < 4.78 is 10.3. The molecule has 3 rings (SSSR count). The molecule has 0 atom stereocenters. The summed E-state index contributed by atoms with van der Waals surface area (Å²) in [5, 5.41) is 2.80. The number of primary amides is 1. The summed E-state index contributed by atoms with van der Waals surface area (Å²) in [7, 11) is 0. The summed E-state index contributed by atoms with van der Waals surface area (Å²) in [5.74, 6) is -0.369. The van der Waals surface area contributed by atoms with Crippen molar-refractivity contribution in [1.82, 2.24) is 0 Å². The summed E-state index contributed by atoms with van der Waals surface area (Å²) in [4.78, 5) is 23.2. The molecular weight excluding hydrogens is 320 g/mol. The van der Waals surface area contributed by atoms with Crippen molar-refractivity contribution in [3.63, 3.8) is 0 Å². The number of ether oxygens (including phenoxy) is 1. The highest BCUT2D eigenvalue weighted by molar-refractivity contribution is 6.05. The number of furan rings is 1. The molecule has 2 amide bonds. The van der Waals surface area contributed by atoms with Gasteiger partial charge >= 0.3 is 0 Å². The molecule has 0 aliphatic rings. The third-order valence-corrected chi connectivity index (χ3v) is 3.45. The lowest BCUT2D eigenvalue weighted by atomic mass is 10.1. The molecule has 0 spiro atoms. The summed E-state index contributed by atoms with van der Waals surface area (Å²) in [6.07, 6.45) is 3.20. The van der Waals surface area contributed by atoms with Gasteiger partial charge in [-0.2, -0.15) is 0 Å². The van der Waals surface area contributed by atoms with Crippen LogP contribution < -0.4 is 15.8 Å². The van der Waals surface area contributed by atoms with Crippen LogP contribution >= 0.6 is 0 Å². The molecule has 25 heavy (non-hydrogen) atoms.